The van der Waals surface area contributed by atoms with E-state index in [-0.39, 0.29) is 11.3 Å². The second-order valence-corrected chi connectivity index (χ2v) is 11.1. The van der Waals surface area contributed by atoms with Gasteiger partial charge in [-0.2, -0.15) is 4.39 Å². The number of unbranched alkanes of at least 4 members (excludes halogenated alkanes) is 13. The molecule has 0 unspecified atom stereocenters. The molecule has 224 valence electrons. The Morgan fingerprint density at radius 1 is 0.439 bits per heavy atom. The minimum atomic E-state index is -0.923. The Bertz CT molecular complexity index is 1110. The SMILES string of the molecule is CCCCCCCCCCCCOc1ccc(-c2ccc(-c3ccc(OCCCCCCC)c(F)c3F)cc2)cc1. The Kier molecular flexibility index (Phi) is 15.3. The number of hydrogen-bond donors (Lipinski definition) is 0. The average Bonchev–Trinajstić information content (AvgIpc) is 3.00. The van der Waals surface area contributed by atoms with Crippen LogP contribution in [0.5, 0.6) is 11.5 Å². The van der Waals surface area contributed by atoms with E-state index in [1.807, 2.05) is 48.5 Å². The summed E-state index contributed by atoms with van der Waals surface area (Å²) in [6, 6.07) is 18.7. The van der Waals surface area contributed by atoms with Gasteiger partial charge in [-0.3, -0.25) is 0 Å². The molecule has 0 aliphatic carbocycles. The highest BCUT2D eigenvalue weighted by Crippen LogP contribution is 2.32. The van der Waals surface area contributed by atoms with Crippen LogP contribution in [0.3, 0.4) is 0 Å². The second-order valence-electron chi connectivity index (χ2n) is 11.1. The molecule has 0 saturated carbocycles. The van der Waals surface area contributed by atoms with Gasteiger partial charge in [-0.15, -0.1) is 0 Å². The van der Waals surface area contributed by atoms with Crippen molar-refractivity contribution in [3.05, 3.63) is 72.3 Å². The Labute approximate surface area is 247 Å². The first-order chi connectivity index (χ1) is 20.1. The molecule has 0 atom stereocenters. The van der Waals surface area contributed by atoms with Gasteiger partial charge in [0, 0.05) is 5.56 Å². The fraction of sp³-hybridized carbons (Fsp3) is 0.514. The molecule has 0 aromatic heterocycles. The Balaban J connectivity index is 1.42. The maximum atomic E-state index is 14.9. The first kappa shape index (κ1) is 32.6. The molecule has 3 aromatic rings. The van der Waals surface area contributed by atoms with Crippen LogP contribution in [0.25, 0.3) is 22.3 Å². The van der Waals surface area contributed by atoms with Crippen LogP contribution in [-0.4, -0.2) is 13.2 Å². The first-order valence-electron chi connectivity index (χ1n) is 16.1. The van der Waals surface area contributed by atoms with Crippen LogP contribution in [0.15, 0.2) is 60.7 Å². The number of hydrogen-bond acceptors (Lipinski definition) is 2. The fourth-order valence-corrected chi connectivity index (χ4v) is 5.12. The van der Waals surface area contributed by atoms with Crippen molar-refractivity contribution >= 4 is 0 Å². The summed E-state index contributed by atoms with van der Waals surface area (Å²) in [5.41, 5.74) is 2.93. The van der Waals surface area contributed by atoms with Gasteiger partial charge in [0.25, 0.3) is 0 Å². The smallest absolute Gasteiger partial charge is 0.201 e. The molecular weight excluding hydrogens is 514 g/mol. The highest BCUT2D eigenvalue weighted by Gasteiger charge is 2.16. The molecule has 0 spiro atoms. The largest absolute Gasteiger partial charge is 0.494 e. The molecule has 3 aromatic carbocycles. The van der Waals surface area contributed by atoms with Gasteiger partial charge in [-0.25, -0.2) is 4.39 Å². The highest BCUT2D eigenvalue weighted by molar-refractivity contribution is 5.71. The molecule has 0 heterocycles. The summed E-state index contributed by atoms with van der Waals surface area (Å²) in [6.45, 7) is 5.57. The monoisotopic (exact) mass is 564 g/mol. The molecule has 0 N–H and O–H groups in total. The molecule has 0 aliphatic heterocycles. The predicted molar refractivity (Wildman–Crippen MR) is 169 cm³/mol. The zero-order valence-electron chi connectivity index (χ0n) is 25.4. The standard InChI is InChI=1S/C37H50F2O2/c1-3-5-7-9-10-11-12-13-15-16-28-40-33-24-22-31(23-25-33)30-18-20-32(21-19-30)34-26-27-35(37(39)36(34)38)41-29-17-14-8-6-4-2/h18-27H,3-17,28-29H2,1-2H3. The molecule has 0 saturated heterocycles. The van der Waals surface area contributed by atoms with Crippen molar-refractivity contribution in [1.82, 2.24) is 0 Å². The van der Waals surface area contributed by atoms with Crippen LogP contribution in [0.4, 0.5) is 8.78 Å². The maximum absolute atomic E-state index is 14.9. The summed E-state index contributed by atoms with van der Waals surface area (Å²) in [5.74, 6) is -0.936. The van der Waals surface area contributed by atoms with Gasteiger partial charge in [0.2, 0.25) is 5.82 Å². The van der Waals surface area contributed by atoms with Crippen molar-refractivity contribution in [3.63, 3.8) is 0 Å². The lowest BCUT2D eigenvalue weighted by atomic mass is 9.99. The van der Waals surface area contributed by atoms with Crippen LogP contribution >= 0.6 is 0 Å². The predicted octanol–water partition coefficient (Wildman–Crippen LogP) is 11.9. The minimum absolute atomic E-state index is 0.0196. The van der Waals surface area contributed by atoms with E-state index in [1.54, 1.807) is 6.07 Å². The van der Waals surface area contributed by atoms with E-state index in [4.69, 9.17) is 9.47 Å². The fourth-order valence-electron chi connectivity index (χ4n) is 5.12. The molecule has 0 radical (unpaired) electrons. The van der Waals surface area contributed by atoms with E-state index >= 15 is 0 Å². The van der Waals surface area contributed by atoms with Crippen molar-refractivity contribution in [1.29, 1.82) is 0 Å². The summed E-state index contributed by atoms with van der Waals surface area (Å²) in [6.07, 6.45) is 18.5. The Morgan fingerprint density at radius 3 is 1.41 bits per heavy atom. The Hall–Kier alpha value is -2.88. The summed E-state index contributed by atoms with van der Waals surface area (Å²) in [7, 11) is 0. The molecule has 41 heavy (non-hydrogen) atoms. The van der Waals surface area contributed by atoms with Gasteiger partial charge in [0.15, 0.2) is 11.6 Å². The minimum Gasteiger partial charge on any atom is -0.494 e. The third-order valence-electron chi connectivity index (χ3n) is 7.70. The van der Waals surface area contributed by atoms with Gasteiger partial charge in [-0.05, 0) is 53.8 Å². The lowest BCUT2D eigenvalue weighted by Crippen LogP contribution is -2.01. The van der Waals surface area contributed by atoms with Gasteiger partial charge in [0.1, 0.15) is 5.75 Å². The van der Waals surface area contributed by atoms with Crippen molar-refractivity contribution < 1.29 is 18.3 Å². The van der Waals surface area contributed by atoms with Crippen molar-refractivity contribution in [3.8, 4) is 33.8 Å². The normalized spacial score (nSPS) is 11.1. The van der Waals surface area contributed by atoms with Gasteiger partial charge >= 0.3 is 0 Å². The van der Waals surface area contributed by atoms with E-state index in [0.29, 0.717) is 12.2 Å². The quantitative estimate of drug-likeness (QED) is 0.120. The number of halogens is 2. The number of rotatable bonds is 21. The zero-order valence-corrected chi connectivity index (χ0v) is 25.4. The van der Waals surface area contributed by atoms with Crippen LogP contribution in [0, 0.1) is 11.6 Å². The second kappa shape index (κ2) is 19.3. The molecule has 4 heteroatoms. The van der Waals surface area contributed by atoms with Crippen LogP contribution in [0.2, 0.25) is 0 Å². The van der Waals surface area contributed by atoms with Gasteiger partial charge in [0.05, 0.1) is 13.2 Å². The third-order valence-corrected chi connectivity index (χ3v) is 7.70. The van der Waals surface area contributed by atoms with Crippen molar-refractivity contribution in [2.45, 2.75) is 110 Å². The van der Waals surface area contributed by atoms with Crippen molar-refractivity contribution in [2.75, 3.05) is 13.2 Å². The lowest BCUT2D eigenvalue weighted by molar-refractivity contribution is 0.285. The average molecular weight is 565 g/mol. The van der Waals surface area contributed by atoms with E-state index in [2.05, 4.69) is 13.8 Å². The molecular formula is C37H50F2O2. The van der Waals surface area contributed by atoms with E-state index in [1.165, 1.54) is 76.7 Å². The van der Waals surface area contributed by atoms with E-state index < -0.39 is 11.6 Å². The van der Waals surface area contributed by atoms with Crippen molar-refractivity contribution in [2.24, 2.45) is 0 Å². The summed E-state index contributed by atoms with van der Waals surface area (Å²) < 4.78 is 41.0. The van der Waals surface area contributed by atoms with E-state index in [9.17, 15) is 8.78 Å². The van der Waals surface area contributed by atoms with Crippen LogP contribution < -0.4 is 9.47 Å². The van der Waals surface area contributed by atoms with Crippen LogP contribution in [-0.2, 0) is 0 Å². The zero-order chi connectivity index (χ0) is 29.1. The summed E-state index contributed by atoms with van der Waals surface area (Å²) in [5, 5.41) is 0. The first-order valence-corrected chi connectivity index (χ1v) is 16.1. The summed E-state index contributed by atoms with van der Waals surface area (Å²) >= 11 is 0. The molecule has 0 aliphatic rings. The van der Waals surface area contributed by atoms with Crippen LogP contribution in [0.1, 0.15) is 110 Å². The number of ether oxygens (including phenoxy) is 2. The topological polar surface area (TPSA) is 18.5 Å². The Morgan fingerprint density at radius 2 is 0.878 bits per heavy atom. The molecule has 3 rings (SSSR count). The molecule has 2 nitrogen and oxygen atoms in total. The lowest BCUT2D eigenvalue weighted by Gasteiger charge is -2.11. The summed E-state index contributed by atoms with van der Waals surface area (Å²) in [4.78, 5) is 0. The molecule has 0 bridgehead atoms. The van der Waals surface area contributed by atoms with Gasteiger partial charge in [-0.1, -0.05) is 134 Å². The van der Waals surface area contributed by atoms with E-state index in [0.717, 1.165) is 49.2 Å². The number of benzene rings is 3. The maximum Gasteiger partial charge on any atom is 0.201 e. The molecule has 0 fully saturated rings. The van der Waals surface area contributed by atoms with Gasteiger partial charge < -0.3 is 9.47 Å². The highest BCUT2D eigenvalue weighted by atomic mass is 19.2. The molecule has 0 amide bonds. The third kappa shape index (κ3) is 11.5.